The summed E-state index contributed by atoms with van der Waals surface area (Å²) in [6.45, 7) is 2.60. The summed E-state index contributed by atoms with van der Waals surface area (Å²) in [5.41, 5.74) is 4.04. The maximum atomic E-state index is 8.79. The molecule has 27 heavy (non-hydrogen) atoms. The predicted molar refractivity (Wildman–Crippen MR) is 104 cm³/mol. The van der Waals surface area contributed by atoms with Gasteiger partial charge in [0.05, 0.1) is 30.4 Å². The second-order valence-corrected chi connectivity index (χ2v) is 5.67. The van der Waals surface area contributed by atoms with Crippen molar-refractivity contribution in [1.29, 1.82) is 0 Å². The Morgan fingerprint density at radius 1 is 0.778 bits per heavy atom. The van der Waals surface area contributed by atoms with E-state index in [1.54, 1.807) is 0 Å². The number of aliphatic hydroxyl groups is 1. The van der Waals surface area contributed by atoms with Gasteiger partial charge in [0.15, 0.2) is 0 Å². The van der Waals surface area contributed by atoms with Crippen LogP contribution in [0.3, 0.4) is 0 Å². The Hall–Kier alpha value is -3.52. The first kappa shape index (κ1) is 18.3. The molecule has 3 rings (SSSR count). The van der Waals surface area contributed by atoms with Crippen LogP contribution in [0.25, 0.3) is 0 Å². The zero-order valence-electron chi connectivity index (χ0n) is 14.8. The van der Waals surface area contributed by atoms with Crippen molar-refractivity contribution < 1.29 is 5.11 Å². The van der Waals surface area contributed by atoms with Crippen molar-refractivity contribution in [3.8, 4) is 0 Å². The molecule has 0 fully saturated rings. The van der Waals surface area contributed by atoms with Crippen molar-refractivity contribution in [2.45, 2.75) is 6.92 Å². The van der Waals surface area contributed by atoms with Gasteiger partial charge in [0.1, 0.15) is 5.69 Å². The molecule has 0 aliphatic carbocycles. The van der Waals surface area contributed by atoms with E-state index in [1.807, 2.05) is 55.5 Å². The molecule has 0 bridgehead atoms. The minimum atomic E-state index is 0.0854. The van der Waals surface area contributed by atoms with Crippen molar-refractivity contribution in [1.82, 2.24) is 9.97 Å². The van der Waals surface area contributed by atoms with Crippen LogP contribution in [0.2, 0.25) is 0 Å². The van der Waals surface area contributed by atoms with Crippen LogP contribution in [-0.4, -0.2) is 28.2 Å². The average Bonchev–Trinajstić information content (AvgIpc) is 2.72. The van der Waals surface area contributed by atoms with E-state index in [1.165, 1.54) is 12.4 Å². The summed E-state index contributed by atoms with van der Waals surface area (Å²) in [6, 6.07) is 15.1. The van der Waals surface area contributed by atoms with Crippen LogP contribution >= 0.6 is 0 Å². The summed E-state index contributed by atoms with van der Waals surface area (Å²) >= 11 is 0. The lowest BCUT2D eigenvalue weighted by molar-refractivity contribution is 0.311. The van der Waals surface area contributed by atoms with Crippen LogP contribution in [0, 0.1) is 6.92 Å². The number of hydrogen-bond donors (Lipinski definition) is 2. The molecule has 8 nitrogen and oxygen atoms in total. The third kappa shape index (κ3) is 5.75. The second-order valence-electron chi connectivity index (χ2n) is 5.67. The molecule has 0 saturated carbocycles. The Kier molecular flexibility index (Phi) is 6.26. The number of aryl methyl sites for hydroxylation is 1. The standard InChI is InChI=1S/C19H19N7O/c1-14-2-4-16(5-3-14)24-26-19-21-12-18(13-22-19)25-23-17-8-6-15(7-9-17)20-10-11-27/h2-9,12-13,20,27H,10-11H2,1H3. The summed E-state index contributed by atoms with van der Waals surface area (Å²) in [7, 11) is 0. The Morgan fingerprint density at radius 3 is 1.96 bits per heavy atom. The van der Waals surface area contributed by atoms with Crippen LogP contribution in [0.1, 0.15) is 5.56 Å². The Labute approximate surface area is 156 Å². The quantitative estimate of drug-likeness (QED) is 0.576. The van der Waals surface area contributed by atoms with Gasteiger partial charge in [-0.1, -0.05) is 17.7 Å². The smallest absolute Gasteiger partial charge is 0.268 e. The molecule has 2 aromatic carbocycles. The van der Waals surface area contributed by atoms with Crippen LogP contribution in [0.5, 0.6) is 0 Å². The predicted octanol–water partition coefficient (Wildman–Crippen LogP) is 5.02. The van der Waals surface area contributed by atoms with Gasteiger partial charge < -0.3 is 10.4 Å². The molecule has 0 aliphatic rings. The van der Waals surface area contributed by atoms with E-state index in [0.29, 0.717) is 17.9 Å². The highest BCUT2D eigenvalue weighted by atomic mass is 16.3. The van der Waals surface area contributed by atoms with Gasteiger partial charge in [-0.25, -0.2) is 9.97 Å². The largest absolute Gasteiger partial charge is 0.395 e. The maximum absolute atomic E-state index is 8.79. The number of nitrogens with one attached hydrogen (secondary N) is 1. The molecule has 1 aromatic heterocycles. The van der Waals surface area contributed by atoms with Gasteiger partial charge in [0.25, 0.3) is 5.95 Å². The van der Waals surface area contributed by atoms with Crippen LogP contribution in [-0.2, 0) is 0 Å². The highest BCUT2D eigenvalue weighted by molar-refractivity contribution is 5.51. The number of aromatic nitrogens is 2. The second kappa shape index (κ2) is 9.25. The molecule has 0 amide bonds. The number of rotatable bonds is 7. The molecular formula is C19H19N7O. The first-order valence-electron chi connectivity index (χ1n) is 8.40. The number of benzene rings is 2. The van der Waals surface area contributed by atoms with Gasteiger partial charge >= 0.3 is 0 Å². The minimum absolute atomic E-state index is 0.0854. The van der Waals surface area contributed by atoms with Gasteiger partial charge in [-0.3, -0.25) is 0 Å². The molecule has 0 radical (unpaired) electrons. The lowest BCUT2D eigenvalue weighted by atomic mass is 10.2. The molecule has 1 heterocycles. The Bertz CT molecular complexity index is 904. The fraction of sp³-hybridized carbons (Fsp3) is 0.158. The van der Waals surface area contributed by atoms with Gasteiger partial charge in [0, 0.05) is 12.2 Å². The fourth-order valence-corrected chi connectivity index (χ4v) is 2.09. The Morgan fingerprint density at radius 2 is 1.33 bits per heavy atom. The van der Waals surface area contributed by atoms with E-state index >= 15 is 0 Å². The third-order valence-electron chi connectivity index (χ3n) is 3.50. The minimum Gasteiger partial charge on any atom is -0.395 e. The molecule has 136 valence electrons. The maximum Gasteiger partial charge on any atom is 0.268 e. The number of aliphatic hydroxyl groups excluding tert-OH is 1. The topological polar surface area (TPSA) is 107 Å². The number of anilines is 1. The highest BCUT2D eigenvalue weighted by Crippen LogP contribution is 2.21. The summed E-state index contributed by atoms with van der Waals surface area (Å²) in [4.78, 5) is 8.22. The molecule has 0 atom stereocenters. The van der Waals surface area contributed by atoms with Gasteiger partial charge in [-0.05, 0) is 43.3 Å². The first-order chi connectivity index (χ1) is 13.2. The average molecular weight is 361 g/mol. The van der Waals surface area contributed by atoms with E-state index in [9.17, 15) is 0 Å². The first-order valence-corrected chi connectivity index (χ1v) is 8.40. The van der Waals surface area contributed by atoms with Crippen molar-refractivity contribution >= 4 is 28.7 Å². The van der Waals surface area contributed by atoms with E-state index in [0.717, 1.165) is 16.9 Å². The lowest BCUT2D eigenvalue weighted by Crippen LogP contribution is -2.04. The number of azo groups is 2. The Balaban J connectivity index is 1.59. The summed E-state index contributed by atoms with van der Waals surface area (Å²) < 4.78 is 0. The summed E-state index contributed by atoms with van der Waals surface area (Å²) in [5.74, 6) is 0.258. The highest BCUT2D eigenvalue weighted by Gasteiger charge is 1.97. The molecular weight excluding hydrogens is 342 g/mol. The van der Waals surface area contributed by atoms with Crippen molar-refractivity contribution in [2.75, 3.05) is 18.5 Å². The molecule has 0 spiro atoms. The van der Waals surface area contributed by atoms with Crippen LogP contribution in [0.15, 0.2) is 81.4 Å². The van der Waals surface area contributed by atoms with E-state index in [-0.39, 0.29) is 12.6 Å². The molecule has 0 aliphatic heterocycles. The lowest BCUT2D eigenvalue weighted by Gasteiger charge is -2.03. The summed E-state index contributed by atoms with van der Waals surface area (Å²) in [5, 5.41) is 28.2. The molecule has 0 saturated heterocycles. The van der Waals surface area contributed by atoms with Crippen molar-refractivity contribution in [2.24, 2.45) is 20.5 Å². The van der Waals surface area contributed by atoms with E-state index < -0.39 is 0 Å². The molecule has 3 aromatic rings. The van der Waals surface area contributed by atoms with Gasteiger partial charge in [-0.15, -0.1) is 15.3 Å². The zero-order valence-corrected chi connectivity index (χ0v) is 14.8. The van der Waals surface area contributed by atoms with E-state index in [2.05, 4.69) is 35.7 Å². The van der Waals surface area contributed by atoms with Gasteiger partial charge in [-0.2, -0.15) is 5.11 Å². The molecule has 2 N–H and O–H groups in total. The van der Waals surface area contributed by atoms with Gasteiger partial charge in [0.2, 0.25) is 0 Å². The van der Waals surface area contributed by atoms with Crippen molar-refractivity contribution in [3.63, 3.8) is 0 Å². The number of hydrogen-bond acceptors (Lipinski definition) is 8. The summed E-state index contributed by atoms with van der Waals surface area (Å²) in [6.07, 6.45) is 3.08. The molecule has 0 unspecified atom stereocenters. The number of nitrogens with zero attached hydrogens (tertiary/aromatic N) is 6. The zero-order chi connectivity index (χ0) is 18.9. The van der Waals surface area contributed by atoms with E-state index in [4.69, 9.17) is 5.11 Å². The van der Waals surface area contributed by atoms with Crippen molar-refractivity contribution in [3.05, 3.63) is 66.5 Å². The van der Waals surface area contributed by atoms with Crippen LogP contribution in [0.4, 0.5) is 28.7 Å². The molecule has 8 heteroatoms. The normalized spacial score (nSPS) is 11.3. The monoisotopic (exact) mass is 361 g/mol. The fourth-order valence-electron chi connectivity index (χ4n) is 2.09. The van der Waals surface area contributed by atoms with Crippen LogP contribution < -0.4 is 5.32 Å². The third-order valence-corrected chi connectivity index (χ3v) is 3.50. The SMILES string of the molecule is Cc1ccc(N=Nc2ncc(N=Nc3ccc(NCCO)cc3)cn2)cc1.